The Hall–Kier alpha value is -0.130. The summed E-state index contributed by atoms with van der Waals surface area (Å²) in [6.45, 7) is 2.78. The van der Waals surface area contributed by atoms with E-state index < -0.39 is 9.84 Å². The molecule has 0 spiro atoms. The summed E-state index contributed by atoms with van der Waals surface area (Å²) in [5.41, 5.74) is -0.0997. The van der Waals surface area contributed by atoms with Crippen LogP contribution < -0.4 is 5.32 Å². The molecule has 0 aromatic rings. The minimum absolute atomic E-state index is 0.0997. The van der Waals surface area contributed by atoms with Crippen LogP contribution in [0.3, 0.4) is 0 Å². The third-order valence-corrected chi connectivity index (χ3v) is 5.40. The zero-order valence-electron chi connectivity index (χ0n) is 13.3. The summed E-state index contributed by atoms with van der Waals surface area (Å²) in [6, 6.07) is 0.252. The second-order valence-electron chi connectivity index (χ2n) is 6.03. The fourth-order valence-electron chi connectivity index (χ4n) is 3.43. The highest BCUT2D eigenvalue weighted by Crippen LogP contribution is 2.35. The van der Waals surface area contributed by atoms with Crippen molar-refractivity contribution in [1.29, 1.82) is 0 Å². The number of hydrogen-bond donors (Lipinski definition) is 1. The smallest absolute Gasteiger partial charge is 0.147 e. The van der Waals surface area contributed by atoms with Gasteiger partial charge in [0.25, 0.3) is 0 Å². The summed E-state index contributed by atoms with van der Waals surface area (Å²) in [4.78, 5) is 0. The van der Waals surface area contributed by atoms with E-state index in [2.05, 4.69) is 12.2 Å². The molecule has 0 radical (unpaired) electrons. The number of hydrogen-bond acceptors (Lipinski definition) is 4. The van der Waals surface area contributed by atoms with E-state index >= 15 is 0 Å². The Morgan fingerprint density at radius 2 is 1.80 bits per heavy atom. The highest BCUT2D eigenvalue weighted by molar-refractivity contribution is 7.90. The molecule has 20 heavy (non-hydrogen) atoms. The van der Waals surface area contributed by atoms with Crippen molar-refractivity contribution in [2.75, 3.05) is 25.7 Å². The van der Waals surface area contributed by atoms with Crippen molar-refractivity contribution in [3.63, 3.8) is 0 Å². The van der Waals surface area contributed by atoms with E-state index in [0.717, 1.165) is 25.9 Å². The normalized spacial score (nSPS) is 21.4. The SMILES string of the molecule is CCOC1(C(CCCS(C)(=O)=O)NC)CCCCCC1. The number of sulfone groups is 1. The van der Waals surface area contributed by atoms with Gasteiger partial charge in [0.1, 0.15) is 9.84 Å². The van der Waals surface area contributed by atoms with Gasteiger partial charge in [-0.15, -0.1) is 0 Å². The molecule has 120 valence electrons. The fraction of sp³-hybridized carbons (Fsp3) is 1.00. The van der Waals surface area contributed by atoms with E-state index in [-0.39, 0.29) is 17.4 Å². The van der Waals surface area contributed by atoms with Crippen LogP contribution in [-0.2, 0) is 14.6 Å². The fourth-order valence-corrected chi connectivity index (χ4v) is 4.12. The largest absolute Gasteiger partial charge is 0.374 e. The van der Waals surface area contributed by atoms with Crippen LogP contribution in [0.25, 0.3) is 0 Å². The molecule has 4 nitrogen and oxygen atoms in total. The van der Waals surface area contributed by atoms with Crippen molar-refractivity contribution >= 4 is 9.84 Å². The molecule has 1 rings (SSSR count). The Morgan fingerprint density at radius 3 is 2.25 bits per heavy atom. The second kappa shape index (κ2) is 8.35. The van der Waals surface area contributed by atoms with Gasteiger partial charge in [-0.2, -0.15) is 0 Å². The van der Waals surface area contributed by atoms with Crippen LogP contribution in [0.4, 0.5) is 0 Å². The van der Waals surface area contributed by atoms with E-state index in [9.17, 15) is 8.42 Å². The topological polar surface area (TPSA) is 55.4 Å². The number of nitrogens with one attached hydrogen (secondary N) is 1. The van der Waals surface area contributed by atoms with Gasteiger partial charge in [0, 0.05) is 24.7 Å². The molecular weight excluding hydrogens is 274 g/mol. The molecule has 1 aliphatic rings. The maximum Gasteiger partial charge on any atom is 0.147 e. The van der Waals surface area contributed by atoms with Gasteiger partial charge in [0.2, 0.25) is 0 Å². The first kappa shape index (κ1) is 17.9. The lowest BCUT2D eigenvalue weighted by Gasteiger charge is -2.40. The molecule has 1 aliphatic carbocycles. The van der Waals surface area contributed by atoms with Crippen LogP contribution in [0, 0.1) is 0 Å². The maximum atomic E-state index is 11.3. The molecule has 1 saturated carbocycles. The van der Waals surface area contributed by atoms with Crippen molar-refractivity contribution in [2.24, 2.45) is 0 Å². The first-order chi connectivity index (χ1) is 9.43. The second-order valence-corrected chi connectivity index (χ2v) is 8.29. The lowest BCUT2D eigenvalue weighted by Crippen LogP contribution is -2.51. The molecule has 1 N–H and O–H groups in total. The summed E-state index contributed by atoms with van der Waals surface area (Å²) < 4.78 is 28.7. The minimum Gasteiger partial charge on any atom is -0.374 e. The Kier molecular flexibility index (Phi) is 7.48. The average molecular weight is 305 g/mol. The van der Waals surface area contributed by atoms with Crippen molar-refractivity contribution in [3.05, 3.63) is 0 Å². The van der Waals surface area contributed by atoms with Gasteiger partial charge in [0.15, 0.2) is 0 Å². The number of rotatable bonds is 8. The summed E-state index contributed by atoms with van der Waals surface area (Å²) in [5.74, 6) is 0.271. The molecule has 0 saturated heterocycles. The van der Waals surface area contributed by atoms with Crippen LogP contribution in [0.1, 0.15) is 58.3 Å². The summed E-state index contributed by atoms with van der Waals surface area (Å²) in [7, 11) is -0.898. The van der Waals surface area contributed by atoms with Crippen LogP contribution >= 0.6 is 0 Å². The Morgan fingerprint density at radius 1 is 1.20 bits per heavy atom. The van der Waals surface area contributed by atoms with Crippen molar-refractivity contribution in [1.82, 2.24) is 5.32 Å². The van der Waals surface area contributed by atoms with E-state index in [1.165, 1.54) is 31.9 Å². The van der Waals surface area contributed by atoms with E-state index in [0.29, 0.717) is 6.42 Å². The zero-order chi connectivity index (χ0) is 15.1. The number of ether oxygens (including phenoxy) is 1. The van der Waals surface area contributed by atoms with Gasteiger partial charge in [-0.05, 0) is 39.7 Å². The predicted molar refractivity (Wildman–Crippen MR) is 83.9 cm³/mol. The Labute approximate surface area is 124 Å². The van der Waals surface area contributed by atoms with Crippen molar-refractivity contribution < 1.29 is 13.2 Å². The Bertz CT molecular complexity index is 359. The molecule has 5 heteroatoms. The van der Waals surface area contributed by atoms with E-state index in [1.54, 1.807) is 0 Å². The molecule has 1 unspecified atom stereocenters. The summed E-state index contributed by atoms with van der Waals surface area (Å²) >= 11 is 0. The third kappa shape index (κ3) is 5.70. The van der Waals surface area contributed by atoms with Gasteiger partial charge in [-0.3, -0.25) is 0 Å². The van der Waals surface area contributed by atoms with Gasteiger partial charge in [-0.1, -0.05) is 25.7 Å². The van der Waals surface area contributed by atoms with Crippen LogP contribution in [-0.4, -0.2) is 45.7 Å². The average Bonchev–Trinajstić information content (AvgIpc) is 2.60. The molecule has 0 heterocycles. The summed E-state index contributed by atoms with van der Waals surface area (Å²) in [5, 5.41) is 3.39. The van der Waals surface area contributed by atoms with Crippen LogP contribution in [0.5, 0.6) is 0 Å². The highest BCUT2D eigenvalue weighted by Gasteiger charge is 2.38. The molecule has 1 atom stereocenters. The zero-order valence-corrected chi connectivity index (χ0v) is 14.1. The predicted octanol–water partition coefficient (Wildman–Crippen LogP) is 2.53. The summed E-state index contributed by atoms with van der Waals surface area (Å²) in [6.07, 6.45) is 10.1. The quantitative estimate of drug-likeness (QED) is 0.700. The monoisotopic (exact) mass is 305 g/mol. The molecule has 0 aromatic heterocycles. The van der Waals surface area contributed by atoms with Crippen LogP contribution in [0.15, 0.2) is 0 Å². The minimum atomic E-state index is -2.87. The van der Waals surface area contributed by atoms with Crippen LogP contribution in [0.2, 0.25) is 0 Å². The number of likely N-dealkylation sites (N-methyl/N-ethyl adjacent to an activating group) is 1. The molecular formula is C15H31NO3S. The first-order valence-electron chi connectivity index (χ1n) is 7.92. The third-order valence-electron chi connectivity index (χ3n) is 4.37. The lowest BCUT2D eigenvalue weighted by molar-refractivity contribution is -0.0771. The highest BCUT2D eigenvalue weighted by atomic mass is 32.2. The maximum absolute atomic E-state index is 11.3. The van der Waals surface area contributed by atoms with E-state index in [1.807, 2.05) is 7.05 Å². The van der Waals surface area contributed by atoms with Gasteiger partial charge >= 0.3 is 0 Å². The lowest BCUT2D eigenvalue weighted by atomic mass is 9.83. The molecule has 0 bridgehead atoms. The van der Waals surface area contributed by atoms with Gasteiger partial charge < -0.3 is 10.1 Å². The van der Waals surface area contributed by atoms with Crippen molar-refractivity contribution in [2.45, 2.75) is 69.9 Å². The Balaban J connectivity index is 2.69. The van der Waals surface area contributed by atoms with Gasteiger partial charge in [0.05, 0.1) is 5.60 Å². The molecule has 0 amide bonds. The standard InChI is InChI=1S/C15H31NO3S/c1-4-19-15(11-7-5-6-8-12-15)14(16-2)10-9-13-20(3,17)18/h14,16H,4-13H2,1-3H3. The van der Waals surface area contributed by atoms with E-state index in [4.69, 9.17) is 4.74 Å². The molecule has 0 aliphatic heterocycles. The van der Waals surface area contributed by atoms with Crippen molar-refractivity contribution in [3.8, 4) is 0 Å². The molecule has 0 aromatic carbocycles. The first-order valence-corrected chi connectivity index (χ1v) is 9.98. The molecule has 1 fully saturated rings. The van der Waals surface area contributed by atoms with Gasteiger partial charge in [-0.25, -0.2) is 8.42 Å².